The molecule has 0 spiro atoms. The Kier molecular flexibility index (Phi) is 7.80. The molecule has 0 atom stereocenters. The third-order valence-corrected chi connectivity index (χ3v) is 12.4. The van der Waals surface area contributed by atoms with Crippen molar-refractivity contribution in [1.82, 2.24) is 24.1 Å². The lowest BCUT2D eigenvalue weighted by molar-refractivity contribution is 0.669. The van der Waals surface area contributed by atoms with Crippen molar-refractivity contribution in [3.05, 3.63) is 212 Å². The molecule has 0 N–H and O–H groups in total. The molecule has 0 saturated carbocycles. The summed E-state index contributed by atoms with van der Waals surface area (Å²) in [6.07, 6.45) is 0. The molecule has 9 aromatic carbocycles. The Labute approximate surface area is 361 Å². The number of nitrogens with zero attached hydrogens (tertiary/aromatic N) is 5. The van der Waals surface area contributed by atoms with Gasteiger partial charge in [0.1, 0.15) is 11.2 Å². The van der Waals surface area contributed by atoms with Crippen LogP contribution in [-0.2, 0) is 0 Å². The topological polar surface area (TPSA) is 61.7 Å². The molecule has 13 rings (SSSR count). The van der Waals surface area contributed by atoms with Gasteiger partial charge in [-0.2, -0.15) is 0 Å². The van der Waals surface area contributed by atoms with Gasteiger partial charge in [0.05, 0.1) is 27.8 Å². The van der Waals surface area contributed by atoms with E-state index in [9.17, 15) is 0 Å². The fraction of sp³-hybridized carbons (Fsp3) is 0. The van der Waals surface area contributed by atoms with Crippen molar-refractivity contribution in [1.29, 1.82) is 0 Å². The first-order valence-corrected chi connectivity index (χ1v) is 21.2. The lowest BCUT2D eigenvalue weighted by atomic mass is 9.99. The molecule has 0 fully saturated rings. The Hall–Kier alpha value is -8.61. The van der Waals surface area contributed by atoms with Crippen LogP contribution >= 0.6 is 0 Å². The molecule has 6 nitrogen and oxygen atoms in total. The maximum absolute atomic E-state index is 6.56. The first-order valence-electron chi connectivity index (χ1n) is 21.2. The van der Waals surface area contributed by atoms with E-state index in [1.54, 1.807) is 0 Å². The van der Waals surface area contributed by atoms with Gasteiger partial charge in [0.25, 0.3) is 0 Å². The summed E-state index contributed by atoms with van der Waals surface area (Å²) >= 11 is 0. The van der Waals surface area contributed by atoms with Gasteiger partial charge in [0.15, 0.2) is 17.5 Å². The van der Waals surface area contributed by atoms with Gasteiger partial charge in [-0.15, -0.1) is 0 Å². The highest BCUT2D eigenvalue weighted by Crippen LogP contribution is 2.41. The SMILES string of the molecule is c1ccc(-c2nc(-c3ccc4c(c3)oc3cccc(-c5ccccc5)c34)nc(-c3ccccc3-n3c4ccccc4c4ccc(-n5c6ccccc6c6ccccc65)cc43)n2)cc1. The highest BCUT2D eigenvalue weighted by atomic mass is 16.3. The van der Waals surface area contributed by atoms with Crippen LogP contribution in [0.3, 0.4) is 0 Å². The number of aromatic nitrogens is 5. The van der Waals surface area contributed by atoms with Crippen molar-refractivity contribution in [3.8, 4) is 56.7 Å². The quantitative estimate of drug-likeness (QED) is 0.168. The Morgan fingerprint density at radius 3 is 1.57 bits per heavy atom. The van der Waals surface area contributed by atoms with E-state index in [1.807, 2.05) is 42.5 Å². The molecule has 4 heterocycles. The molecule has 4 aromatic heterocycles. The minimum absolute atomic E-state index is 0.565. The number of para-hydroxylation sites is 4. The van der Waals surface area contributed by atoms with Gasteiger partial charge in [-0.25, -0.2) is 15.0 Å². The van der Waals surface area contributed by atoms with Crippen LogP contribution in [0.1, 0.15) is 0 Å². The van der Waals surface area contributed by atoms with Crippen LogP contribution in [0, 0.1) is 0 Å². The maximum Gasteiger partial charge on any atom is 0.166 e. The predicted octanol–water partition coefficient (Wildman–Crippen LogP) is 14.6. The van der Waals surface area contributed by atoms with E-state index >= 15 is 0 Å². The van der Waals surface area contributed by atoms with Crippen molar-refractivity contribution in [2.24, 2.45) is 0 Å². The van der Waals surface area contributed by atoms with Crippen LogP contribution in [0.15, 0.2) is 217 Å². The van der Waals surface area contributed by atoms with Gasteiger partial charge >= 0.3 is 0 Å². The molecule has 13 aromatic rings. The summed E-state index contributed by atoms with van der Waals surface area (Å²) in [5, 5.41) is 6.94. The summed E-state index contributed by atoms with van der Waals surface area (Å²) in [6.45, 7) is 0. The van der Waals surface area contributed by atoms with Crippen LogP contribution in [-0.4, -0.2) is 24.1 Å². The van der Waals surface area contributed by atoms with E-state index in [2.05, 4.69) is 179 Å². The molecule has 0 aliphatic carbocycles. The smallest absolute Gasteiger partial charge is 0.166 e. The number of benzene rings is 9. The molecular formula is C57H35N5O. The van der Waals surface area contributed by atoms with E-state index in [0.29, 0.717) is 17.5 Å². The minimum Gasteiger partial charge on any atom is -0.456 e. The molecular weight excluding hydrogens is 771 g/mol. The third kappa shape index (κ3) is 5.55. The van der Waals surface area contributed by atoms with Crippen LogP contribution < -0.4 is 0 Å². The van der Waals surface area contributed by atoms with Gasteiger partial charge in [-0.3, -0.25) is 0 Å². The average Bonchev–Trinajstić information content (AvgIpc) is 4.01. The van der Waals surface area contributed by atoms with Gasteiger partial charge in [0, 0.05) is 54.7 Å². The first kappa shape index (κ1) is 35.2. The van der Waals surface area contributed by atoms with E-state index < -0.39 is 0 Å². The number of rotatable bonds is 6. The second-order valence-corrected chi connectivity index (χ2v) is 16.0. The number of fused-ring (bicyclic) bond motifs is 9. The zero-order valence-corrected chi connectivity index (χ0v) is 33.9. The largest absolute Gasteiger partial charge is 0.456 e. The minimum atomic E-state index is 0.565. The van der Waals surface area contributed by atoms with Crippen molar-refractivity contribution in [2.75, 3.05) is 0 Å². The summed E-state index contributed by atoms with van der Waals surface area (Å²) in [6, 6.07) is 74.4. The molecule has 0 radical (unpaired) electrons. The van der Waals surface area contributed by atoms with E-state index in [4.69, 9.17) is 19.4 Å². The Morgan fingerprint density at radius 2 is 0.857 bits per heavy atom. The fourth-order valence-electron chi connectivity index (χ4n) is 9.58. The predicted molar refractivity (Wildman–Crippen MR) is 258 cm³/mol. The average molecular weight is 806 g/mol. The van der Waals surface area contributed by atoms with Crippen molar-refractivity contribution in [3.63, 3.8) is 0 Å². The van der Waals surface area contributed by atoms with Gasteiger partial charge < -0.3 is 13.6 Å². The van der Waals surface area contributed by atoms with Crippen LogP contribution in [0.25, 0.3) is 122 Å². The lowest BCUT2D eigenvalue weighted by Crippen LogP contribution is -2.03. The van der Waals surface area contributed by atoms with E-state index in [-0.39, 0.29) is 0 Å². The highest BCUT2D eigenvalue weighted by molar-refractivity contribution is 6.14. The highest BCUT2D eigenvalue weighted by Gasteiger charge is 2.21. The summed E-state index contributed by atoms with van der Waals surface area (Å²) in [4.78, 5) is 15.7. The van der Waals surface area contributed by atoms with Crippen LogP contribution in [0.5, 0.6) is 0 Å². The van der Waals surface area contributed by atoms with Crippen molar-refractivity contribution >= 4 is 65.6 Å². The summed E-state index contributed by atoms with van der Waals surface area (Å²) in [5.74, 6) is 1.74. The molecule has 0 amide bonds. The second-order valence-electron chi connectivity index (χ2n) is 16.0. The van der Waals surface area contributed by atoms with Crippen molar-refractivity contribution in [2.45, 2.75) is 0 Å². The molecule has 0 unspecified atom stereocenters. The molecule has 0 saturated heterocycles. The lowest BCUT2D eigenvalue weighted by Gasteiger charge is -2.15. The van der Waals surface area contributed by atoms with Gasteiger partial charge in [0.2, 0.25) is 0 Å². The standard InChI is InChI=1S/C57H35N5O/c1-3-16-36(17-4-1)40-24-15-29-52-54(40)46-32-30-38(34-53(46)63-52)56-58-55(37-18-5-2-6-19-37)59-57(60-56)45-23-10-14-28-50(45)62-49-27-13-9-22-43(49)44-33-31-39(35-51(44)62)61-47-25-11-7-20-41(47)42-21-8-12-26-48(42)61/h1-35H. The van der Waals surface area contributed by atoms with E-state index in [0.717, 1.165) is 72.2 Å². The Bertz CT molecular complexity index is 3860. The van der Waals surface area contributed by atoms with Gasteiger partial charge in [-0.05, 0) is 71.8 Å². The number of hydrogen-bond donors (Lipinski definition) is 0. The first-order chi connectivity index (χ1) is 31.2. The molecule has 0 aliphatic heterocycles. The molecule has 63 heavy (non-hydrogen) atoms. The summed E-state index contributed by atoms with van der Waals surface area (Å²) < 4.78 is 11.3. The third-order valence-electron chi connectivity index (χ3n) is 12.4. The number of furan rings is 1. The monoisotopic (exact) mass is 805 g/mol. The maximum atomic E-state index is 6.56. The van der Waals surface area contributed by atoms with E-state index in [1.165, 1.54) is 32.6 Å². The molecule has 294 valence electrons. The fourth-order valence-corrected chi connectivity index (χ4v) is 9.58. The normalized spacial score (nSPS) is 11.8. The second kappa shape index (κ2) is 14.0. The van der Waals surface area contributed by atoms with Crippen LogP contribution in [0.4, 0.5) is 0 Å². The Balaban J connectivity index is 1.02. The van der Waals surface area contributed by atoms with Gasteiger partial charge in [-0.1, -0.05) is 152 Å². The zero-order valence-electron chi connectivity index (χ0n) is 33.9. The summed E-state index contributed by atoms with van der Waals surface area (Å²) in [5.41, 5.74) is 13.1. The summed E-state index contributed by atoms with van der Waals surface area (Å²) in [7, 11) is 0. The molecule has 6 heteroatoms. The molecule has 0 bridgehead atoms. The molecule has 0 aliphatic rings. The Morgan fingerprint density at radius 1 is 0.317 bits per heavy atom. The van der Waals surface area contributed by atoms with Crippen LogP contribution in [0.2, 0.25) is 0 Å². The van der Waals surface area contributed by atoms with Crippen molar-refractivity contribution < 1.29 is 4.42 Å². The zero-order chi connectivity index (χ0) is 41.4. The number of hydrogen-bond acceptors (Lipinski definition) is 4.